The van der Waals surface area contributed by atoms with Gasteiger partial charge in [-0.05, 0) is 61.3 Å². The first-order valence-corrected chi connectivity index (χ1v) is 10.5. The van der Waals surface area contributed by atoms with Crippen LogP contribution in [-0.4, -0.2) is 19.1 Å². The number of carbonyl (C=O) groups is 1. The van der Waals surface area contributed by atoms with Crippen LogP contribution in [0.1, 0.15) is 43.4 Å². The Morgan fingerprint density at radius 3 is 2.59 bits per heavy atom. The number of hydrogen-bond acceptors (Lipinski definition) is 4. The molecule has 0 aliphatic heterocycles. The van der Waals surface area contributed by atoms with Gasteiger partial charge >= 0.3 is 0 Å². The van der Waals surface area contributed by atoms with E-state index in [2.05, 4.69) is 5.32 Å². The molecule has 2 fully saturated rings. The van der Waals surface area contributed by atoms with Crippen molar-refractivity contribution in [2.24, 2.45) is 23.5 Å². The lowest BCUT2D eigenvalue weighted by Crippen LogP contribution is -2.45. The molecule has 29 heavy (non-hydrogen) atoms. The highest BCUT2D eigenvalue weighted by molar-refractivity contribution is 5.81. The SMILES string of the molecule is COc1cc(C(C)NC(=O)C2C3CCC(C3)C2N)ccc1OCc1ccccc1. The van der Waals surface area contributed by atoms with Crippen LogP contribution >= 0.6 is 0 Å². The second-order valence-corrected chi connectivity index (χ2v) is 8.35. The van der Waals surface area contributed by atoms with Crippen LogP contribution in [0, 0.1) is 17.8 Å². The number of methoxy groups -OCH3 is 1. The molecule has 5 atom stereocenters. The molecular formula is C24H30N2O3. The van der Waals surface area contributed by atoms with Crippen molar-refractivity contribution >= 4 is 5.91 Å². The monoisotopic (exact) mass is 394 g/mol. The molecule has 2 aliphatic carbocycles. The Morgan fingerprint density at radius 2 is 1.90 bits per heavy atom. The number of nitrogens with one attached hydrogen (secondary N) is 1. The Hall–Kier alpha value is -2.53. The maximum absolute atomic E-state index is 12.9. The number of rotatable bonds is 7. The van der Waals surface area contributed by atoms with Gasteiger partial charge in [-0.2, -0.15) is 0 Å². The molecule has 0 saturated heterocycles. The molecule has 2 aliphatic rings. The van der Waals surface area contributed by atoms with Gasteiger partial charge in [-0.1, -0.05) is 36.4 Å². The molecule has 5 unspecified atom stereocenters. The number of ether oxygens (including phenoxy) is 2. The number of carbonyl (C=O) groups excluding carboxylic acids is 1. The van der Waals surface area contributed by atoms with E-state index in [1.54, 1.807) is 7.11 Å². The molecule has 5 nitrogen and oxygen atoms in total. The molecular weight excluding hydrogens is 364 g/mol. The van der Waals surface area contributed by atoms with Gasteiger partial charge in [0.25, 0.3) is 0 Å². The Balaban J connectivity index is 1.40. The Bertz CT molecular complexity index is 852. The predicted octanol–water partition coefficient (Wildman–Crippen LogP) is 3.82. The molecule has 0 aromatic heterocycles. The van der Waals surface area contributed by atoms with Crippen molar-refractivity contribution in [2.45, 2.75) is 44.9 Å². The summed E-state index contributed by atoms with van der Waals surface area (Å²) in [6, 6.07) is 15.7. The fourth-order valence-corrected chi connectivity index (χ4v) is 4.93. The van der Waals surface area contributed by atoms with E-state index in [9.17, 15) is 4.79 Å². The van der Waals surface area contributed by atoms with Gasteiger partial charge in [0.2, 0.25) is 5.91 Å². The number of fused-ring (bicyclic) bond motifs is 2. The van der Waals surface area contributed by atoms with Crippen molar-refractivity contribution in [3.05, 3.63) is 59.7 Å². The smallest absolute Gasteiger partial charge is 0.225 e. The average Bonchev–Trinajstić information content (AvgIpc) is 3.34. The van der Waals surface area contributed by atoms with E-state index >= 15 is 0 Å². The maximum atomic E-state index is 12.9. The summed E-state index contributed by atoms with van der Waals surface area (Å²) in [5.74, 6) is 2.36. The van der Waals surface area contributed by atoms with Gasteiger partial charge in [0.1, 0.15) is 6.61 Å². The lowest BCUT2D eigenvalue weighted by Gasteiger charge is -2.28. The lowest BCUT2D eigenvalue weighted by molar-refractivity contribution is -0.127. The van der Waals surface area contributed by atoms with Crippen LogP contribution in [0.15, 0.2) is 48.5 Å². The Morgan fingerprint density at radius 1 is 1.14 bits per heavy atom. The summed E-state index contributed by atoms with van der Waals surface area (Å²) in [6.45, 7) is 2.47. The molecule has 0 spiro atoms. The maximum Gasteiger partial charge on any atom is 0.225 e. The standard InChI is InChI=1S/C24H30N2O3/c1-15(26-24(27)22-18-8-9-19(12-18)23(22)25)17-10-11-20(21(13-17)28-2)29-14-16-6-4-3-5-7-16/h3-7,10-11,13,15,18-19,22-23H,8-9,12,14,25H2,1-2H3,(H,26,27). The summed E-state index contributed by atoms with van der Waals surface area (Å²) < 4.78 is 11.5. The lowest BCUT2D eigenvalue weighted by atomic mass is 9.84. The van der Waals surface area contributed by atoms with Gasteiger partial charge in [0, 0.05) is 6.04 Å². The van der Waals surface area contributed by atoms with Crippen LogP contribution in [0.5, 0.6) is 11.5 Å². The van der Waals surface area contributed by atoms with Crippen LogP contribution in [-0.2, 0) is 11.4 Å². The molecule has 2 bridgehead atoms. The van der Waals surface area contributed by atoms with E-state index in [1.807, 2.05) is 55.5 Å². The van der Waals surface area contributed by atoms with Crippen molar-refractivity contribution in [1.82, 2.24) is 5.32 Å². The summed E-state index contributed by atoms with van der Waals surface area (Å²) in [5.41, 5.74) is 8.41. The third-order valence-electron chi connectivity index (χ3n) is 6.57. The summed E-state index contributed by atoms with van der Waals surface area (Å²) in [7, 11) is 1.63. The minimum absolute atomic E-state index is 0.00393. The van der Waals surface area contributed by atoms with Gasteiger partial charge in [-0.15, -0.1) is 0 Å². The molecule has 2 aromatic carbocycles. The summed E-state index contributed by atoms with van der Waals surface area (Å²) in [6.07, 6.45) is 3.41. The van der Waals surface area contributed by atoms with Crippen molar-refractivity contribution < 1.29 is 14.3 Å². The average molecular weight is 395 g/mol. The molecule has 3 N–H and O–H groups in total. The molecule has 4 rings (SSSR count). The van der Waals surface area contributed by atoms with Crippen LogP contribution in [0.3, 0.4) is 0 Å². The quantitative estimate of drug-likeness (QED) is 0.749. The van der Waals surface area contributed by atoms with E-state index in [0.29, 0.717) is 29.9 Å². The third kappa shape index (κ3) is 4.10. The number of amides is 1. The first-order valence-electron chi connectivity index (χ1n) is 10.5. The zero-order valence-electron chi connectivity index (χ0n) is 17.1. The molecule has 154 valence electrons. The number of hydrogen-bond donors (Lipinski definition) is 2. The van der Waals surface area contributed by atoms with Gasteiger partial charge in [-0.3, -0.25) is 4.79 Å². The molecule has 5 heteroatoms. The van der Waals surface area contributed by atoms with Crippen molar-refractivity contribution in [3.8, 4) is 11.5 Å². The van der Waals surface area contributed by atoms with Crippen molar-refractivity contribution in [3.63, 3.8) is 0 Å². The Labute approximate surface area is 172 Å². The highest BCUT2D eigenvalue weighted by Gasteiger charge is 2.49. The fraction of sp³-hybridized carbons (Fsp3) is 0.458. The minimum Gasteiger partial charge on any atom is -0.493 e. The largest absolute Gasteiger partial charge is 0.493 e. The number of nitrogens with two attached hydrogens (primary N) is 1. The van der Waals surface area contributed by atoms with Gasteiger partial charge in [0.15, 0.2) is 11.5 Å². The molecule has 1 amide bonds. The zero-order chi connectivity index (χ0) is 20.4. The van der Waals surface area contributed by atoms with E-state index < -0.39 is 0 Å². The molecule has 2 aromatic rings. The van der Waals surface area contributed by atoms with Crippen LogP contribution < -0.4 is 20.5 Å². The fourth-order valence-electron chi connectivity index (χ4n) is 4.93. The first kappa shape index (κ1) is 19.8. The first-order chi connectivity index (χ1) is 14.1. The topological polar surface area (TPSA) is 73.6 Å². The van der Waals surface area contributed by atoms with Gasteiger partial charge < -0.3 is 20.5 Å². The van der Waals surface area contributed by atoms with E-state index in [0.717, 1.165) is 24.0 Å². The van der Waals surface area contributed by atoms with Crippen LogP contribution in [0.4, 0.5) is 0 Å². The molecule has 0 heterocycles. The minimum atomic E-state index is -0.120. The third-order valence-corrected chi connectivity index (χ3v) is 6.57. The second-order valence-electron chi connectivity index (χ2n) is 8.35. The molecule has 0 radical (unpaired) electrons. The van der Waals surface area contributed by atoms with Crippen LogP contribution in [0.25, 0.3) is 0 Å². The zero-order valence-corrected chi connectivity index (χ0v) is 17.1. The van der Waals surface area contributed by atoms with Crippen molar-refractivity contribution in [1.29, 1.82) is 0 Å². The normalized spacial score (nSPS) is 26.2. The van der Waals surface area contributed by atoms with E-state index in [1.165, 1.54) is 6.42 Å². The van der Waals surface area contributed by atoms with Gasteiger partial charge in [0.05, 0.1) is 19.1 Å². The highest BCUT2D eigenvalue weighted by Crippen LogP contribution is 2.47. The Kier molecular flexibility index (Phi) is 5.76. The van der Waals surface area contributed by atoms with E-state index in [4.69, 9.17) is 15.2 Å². The van der Waals surface area contributed by atoms with Crippen molar-refractivity contribution in [2.75, 3.05) is 7.11 Å². The summed E-state index contributed by atoms with van der Waals surface area (Å²) in [5, 5.41) is 3.17. The molecule has 2 saturated carbocycles. The van der Waals surface area contributed by atoms with Crippen LogP contribution in [0.2, 0.25) is 0 Å². The summed E-state index contributed by atoms with van der Waals surface area (Å²) >= 11 is 0. The highest BCUT2D eigenvalue weighted by atomic mass is 16.5. The predicted molar refractivity (Wildman–Crippen MR) is 113 cm³/mol. The van der Waals surface area contributed by atoms with Gasteiger partial charge in [-0.25, -0.2) is 0 Å². The second kappa shape index (κ2) is 8.46. The van der Waals surface area contributed by atoms with E-state index in [-0.39, 0.29) is 23.9 Å². The summed E-state index contributed by atoms with van der Waals surface area (Å²) in [4.78, 5) is 12.9. The number of benzene rings is 2.